The molecule has 1 aromatic heterocycles. The van der Waals surface area contributed by atoms with Crippen LogP contribution in [0.3, 0.4) is 0 Å². The summed E-state index contributed by atoms with van der Waals surface area (Å²) >= 11 is 5.89. The molecule has 0 fully saturated rings. The van der Waals surface area contributed by atoms with Crippen LogP contribution in [0.5, 0.6) is 5.75 Å². The molecule has 0 aliphatic heterocycles. The number of fused-ring (bicyclic) bond motifs is 1. The van der Waals surface area contributed by atoms with Gasteiger partial charge in [-0.1, -0.05) is 0 Å². The van der Waals surface area contributed by atoms with Gasteiger partial charge < -0.3 is 14.4 Å². The van der Waals surface area contributed by atoms with Gasteiger partial charge in [-0.2, -0.15) is 0 Å². The van der Waals surface area contributed by atoms with Crippen LogP contribution in [-0.4, -0.2) is 44.8 Å². The quantitative estimate of drug-likeness (QED) is 0.736. The summed E-state index contributed by atoms with van der Waals surface area (Å²) in [5, 5.41) is 2.20. The molecule has 0 saturated heterocycles. The third-order valence-corrected chi connectivity index (χ3v) is 3.34. The molecule has 0 radical (unpaired) electrons. The fourth-order valence-electron chi connectivity index (χ4n) is 2.15. The van der Waals surface area contributed by atoms with Gasteiger partial charge in [-0.15, -0.1) is 11.6 Å². The molecule has 4 nitrogen and oxygen atoms in total. The average molecular weight is 295 g/mol. The molecule has 2 rings (SSSR count). The highest BCUT2D eigenvalue weighted by Gasteiger charge is 2.11. The molecule has 20 heavy (non-hydrogen) atoms. The number of hydrogen-bond acceptors (Lipinski definition) is 4. The number of alkyl halides is 1. The van der Waals surface area contributed by atoms with Gasteiger partial charge in [-0.05, 0) is 29.7 Å². The van der Waals surface area contributed by atoms with Crippen molar-refractivity contribution < 1.29 is 9.47 Å². The lowest BCUT2D eigenvalue weighted by Gasteiger charge is -2.23. The summed E-state index contributed by atoms with van der Waals surface area (Å²) in [6, 6.07) is 7.97. The summed E-state index contributed by atoms with van der Waals surface area (Å²) in [5.41, 5.74) is 0. The van der Waals surface area contributed by atoms with Gasteiger partial charge in [0.1, 0.15) is 11.6 Å². The standard InChI is InChI=1S/C15H19ClN2O2/c1-19-10-9-18(8-6-16)15-14-4-3-13(20-2)11-12(14)5-7-17-15/h3-5,7,11H,6,8-10H2,1-2H3. The Morgan fingerprint density at radius 1 is 1.20 bits per heavy atom. The van der Waals surface area contributed by atoms with E-state index in [1.165, 1.54) is 0 Å². The first-order chi connectivity index (χ1) is 9.80. The molecular weight excluding hydrogens is 276 g/mol. The first-order valence-corrected chi connectivity index (χ1v) is 7.06. The monoisotopic (exact) mass is 294 g/mol. The molecule has 0 saturated carbocycles. The van der Waals surface area contributed by atoms with Crippen molar-refractivity contribution in [2.24, 2.45) is 0 Å². The van der Waals surface area contributed by atoms with Crippen molar-refractivity contribution in [3.63, 3.8) is 0 Å². The number of halogens is 1. The fourth-order valence-corrected chi connectivity index (χ4v) is 2.35. The van der Waals surface area contributed by atoms with E-state index in [0.29, 0.717) is 12.5 Å². The molecule has 0 aliphatic carbocycles. The van der Waals surface area contributed by atoms with Gasteiger partial charge in [0.15, 0.2) is 0 Å². The third-order valence-electron chi connectivity index (χ3n) is 3.17. The van der Waals surface area contributed by atoms with Gasteiger partial charge in [-0.3, -0.25) is 0 Å². The minimum Gasteiger partial charge on any atom is -0.497 e. The predicted molar refractivity (Wildman–Crippen MR) is 83.1 cm³/mol. The third kappa shape index (κ3) is 3.32. The number of aromatic nitrogens is 1. The Balaban J connectivity index is 2.40. The number of methoxy groups -OCH3 is 2. The Morgan fingerprint density at radius 3 is 2.75 bits per heavy atom. The Morgan fingerprint density at radius 2 is 2.05 bits per heavy atom. The first kappa shape index (κ1) is 14.9. The van der Waals surface area contributed by atoms with E-state index in [1.807, 2.05) is 30.5 Å². The van der Waals surface area contributed by atoms with E-state index in [2.05, 4.69) is 9.88 Å². The van der Waals surface area contributed by atoms with Crippen molar-refractivity contribution in [1.29, 1.82) is 0 Å². The van der Waals surface area contributed by atoms with Crippen molar-refractivity contribution >= 4 is 28.2 Å². The summed E-state index contributed by atoms with van der Waals surface area (Å²) in [6.07, 6.45) is 1.81. The van der Waals surface area contributed by atoms with Crippen LogP contribution >= 0.6 is 11.6 Å². The van der Waals surface area contributed by atoms with Gasteiger partial charge in [0, 0.05) is 37.7 Å². The van der Waals surface area contributed by atoms with Gasteiger partial charge in [0.05, 0.1) is 13.7 Å². The van der Waals surface area contributed by atoms with Gasteiger partial charge >= 0.3 is 0 Å². The Hall–Kier alpha value is -1.52. The average Bonchev–Trinajstić information content (AvgIpc) is 2.50. The smallest absolute Gasteiger partial charge is 0.136 e. The summed E-state index contributed by atoms with van der Waals surface area (Å²) in [6.45, 7) is 2.15. The Labute approximate surface area is 124 Å². The first-order valence-electron chi connectivity index (χ1n) is 6.52. The minimum absolute atomic E-state index is 0.554. The highest BCUT2D eigenvalue weighted by atomic mass is 35.5. The molecule has 0 unspecified atom stereocenters. The van der Waals surface area contributed by atoms with Gasteiger partial charge in [0.2, 0.25) is 0 Å². The molecule has 5 heteroatoms. The molecule has 0 N–H and O–H groups in total. The van der Waals surface area contributed by atoms with Crippen molar-refractivity contribution in [2.45, 2.75) is 0 Å². The molecule has 1 heterocycles. The van der Waals surface area contributed by atoms with E-state index >= 15 is 0 Å². The normalized spacial score (nSPS) is 10.8. The number of ether oxygens (including phenoxy) is 2. The van der Waals surface area contributed by atoms with Crippen molar-refractivity contribution in [2.75, 3.05) is 44.7 Å². The lowest BCUT2D eigenvalue weighted by Crippen LogP contribution is -2.30. The van der Waals surface area contributed by atoms with E-state index in [4.69, 9.17) is 21.1 Å². The number of nitrogens with zero attached hydrogens (tertiary/aromatic N) is 2. The van der Waals surface area contributed by atoms with Crippen LogP contribution in [0.25, 0.3) is 10.8 Å². The molecule has 2 aromatic rings. The van der Waals surface area contributed by atoms with Gasteiger partial charge in [-0.25, -0.2) is 4.98 Å². The van der Waals surface area contributed by atoms with Crippen LogP contribution in [0.4, 0.5) is 5.82 Å². The van der Waals surface area contributed by atoms with Crippen LogP contribution in [-0.2, 0) is 4.74 Å². The number of hydrogen-bond donors (Lipinski definition) is 0. The van der Waals surface area contributed by atoms with Crippen LogP contribution in [0.15, 0.2) is 30.5 Å². The van der Waals surface area contributed by atoms with E-state index in [1.54, 1.807) is 14.2 Å². The largest absolute Gasteiger partial charge is 0.497 e. The van der Waals surface area contributed by atoms with Crippen LogP contribution in [0.1, 0.15) is 0 Å². The molecule has 1 aromatic carbocycles. The van der Waals surface area contributed by atoms with Crippen LogP contribution in [0.2, 0.25) is 0 Å². The van der Waals surface area contributed by atoms with Crippen LogP contribution < -0.4 is 9.64 Å². The Kier molecular flexibility index (Phi) is 5.44. The van der Waals surface area contributed by atoms with Crippen molar-refractivity contribution in [3.8, 4) is 5.75 Å². The van der Waals surface area contributed by atoms with E-state index in [-0.39, 0.29) is 0 Å². The summed E-state index contributed by atoms with van der Waals surface area (Å²) in [7, 11) is 3.36. The molecule has 0 bridgehead atoms. The molecular formula is C15H19ClN2O2. The predicted octanol–water partition coefficient (Wildman–Crippen LogP) is 2.94. The van der Waals surface area contributed by atoms with Gasteiger partial charge in [0.25, 0.3) is 0 Å². The second kappa shape index (κ2) is 7.31. The lowest BCUT2D eigenvalue weighted by molar-refractivity contribution is 0.205. The second-order valence-electron chi connectivity index (χ2n) is 4.39. The maximum atomic E-state index is 5.89. The highest BCUT2D eigenvalue weighted by molar-refractivity contribution is 6.18. The minimum atomic E-state index is 0.554. The van der Waals surface area contributed by atoms with Crippen molar-refractivity contribution in [1.82, 2.24) is 4.98 Å². The lowest BCUT2D eigenvalue weighted by atomic mass is 10.1. The SMILES string of the molecule is COCCN(CCCl)c1nccc2cc(OC)ccc12. The van der Waals surface area contributed by atoms with Crippen LogP contribution in [0, 0.1) is 0 Å². The summed E-state index contributed by atoms with van der Waals surface area (Å²) in [4.78, 5) is 6.65. The molecule has 108 valence electrons. The summed E-state index contributed by atoms with van der Waals surface area (Å²) in [5.74, 6) is 2.33. The zero-order valence-electron chi connectivity index (χ0n) is 11.8. The zero-order valence-corrected chi connectivity index (χ0v) is 12.6. The highest BCUT2D eigenvalue weighted by Crippen LogP contribution is 2.27. The van der Waals surface area contributed by atoms with E-state index in [9.17, 15) is 0 Å². The van der Waals surface area contributed by atoms with E-state index < -0.39 is 0 Å². The second-order valence-corrected chi connectivity index (χ2v) is 4.77. The topological polar surface area (TPSA) is 34.6 Å². The summed E-state index contributed by atoms with van der Waals surface area (Å²) < 4.78 is 10.4. The molecule has 0 amide bonds. The van der Waals surface area contributed by atoms with Crippen molar-refractivity contribution in [3.05, 3.63) is 30.5 Å². The molecule has 0 aliphatic rings. The zero-order chi connectivity index (χ0) is 14.4. The molecule has 0 atom stereocenters. The van der Waals surface area contributed by atoms with E-state index in [0.717, 1.165) is 35.4 Å². The number of anilines is 1. The molecule has 0 spiro atoms. The number of pyridine rings is 1. The Bertz CT molecular complexity index is 563. The maximum Gasteiger partial charge on any atom is 0.136 e. The maximum absolute atomic E-state index is 5.89. The number of rotatable bonds is 7. The number of benzene rings is 1. The fraction of sp³-hybridized carbons (Fsp3) is 0.400.